The molecule has 3 aromatic rings. The number of primary amides is 1. The summed E-state index contributed by atoms with van der Waals surface area (Å²) in [5.74, 6) is -0.536. The van der Waals surface area contributed by atoms with Crippen molar-refractivity contribution in [1.29, 1.82) is 0 Å². The molecule has 0 radical (unpaired) electrons. The van der Waals surface area contributed by atoms with E-state index in [0.29, 0.717) is 28.3 Å². The van der Waals surface area contributed by atoms with Crippen molar-refractivity contribution in [3.05, 3.63) is 80.1 Å². The van der Waals surface area contributed by atoms with Gasteiger partial charge in [-0.3, -0.25) is 14.9 Å². The average Bonchev–Trinajstić information content (AvgIpc) is 3.04. The molecule has 0 unspecified atom stereocenters. The van der Waals surface area contributed by atoms with Crippen LogP contribution in [0.1, 0.15) is 50.6 Å². The number of hydrogen-bond donors (Lipinski definition) is 3. The van der Waals surface area contributed by atoms with Gasteiger partial charge in [-0.2, -0.15) is 0 Å². The first-order valence-corrected chi connectivity index (χ1v) is 12.2. The van der Waals surface area contributed by atoms with Crippen molar-refractivity contribution in [2.75, 3.05) is 5.32 Å². The van der Waals surface area contributed by atoms with Crippen molar-refractivity contribution >= 4 is 61.4 Å². The summed E-state index contributed by atoms with van der Waals surface area (Å²) in [7, 11) is 0. The second kappa shape index (κ2) is 10.9. The van der Waals surface area contributed by atoms with Crippen LogP contribution in [-0.2, 0) is 6.42 Å². The molecule has 4 N–H and O–H groups in total. The summed E-state index contributed by atoms with van der Waals surface area (Å²) in [6, 6.07) is 15.1. The Morgan fingerprint density at radius 1 is 1.18 bits per heavy atom. The third-order valence-electron chi connectivity index (χ3n) is 4.70. The number of carbonyl (C=O) groups is 2. The number of halogens is 1. The number of benzene rings is 2. The van der Waals surface area contributed by atoms with Crippen molar-refractivity contribution in [2.45, 2.75) is 33.3 Å². The molecule has 0 spiro atoms. The van der Waals surface area contributed by atoms with Crippen LogP contribution in [0, 0.1) is 6.92 Å². The topological polar surface area (TPSA) is 93.4 Å². The summed E-state index contributed by atoms with van der Waals surface area (Å²) in [5.41, 5.74) is 8.27. The number of rotatable bonds is 7. The second-order valence-electron chi connectivity index (χ2n) is 7.60. The van der Waals surface area contributed by atoms with E-state index in [4.69, 9.17) is 22.7 Å². The highest BCUT2D eigenvalue weighted by molar-refractivity contribution is 9.10. The molecule has 0 bridgehead atoms. The average molecular weight is 547 g/mol. The van der Waals surface area contributed by atoms with Gasteiger partial charge in [-0.15, -0.1) is 11.3 Å². The van der Waals surface area contributed by atoms with Gasteiger partial charge < -0.3 is 15.8 Å². The fourth-order valence-corrected chi connectivity index (χ4v) is 5.11. The van der Waals surface area contributed by atoms with E-state index in [1.807, 2.05) is 51.1 Å². The fourth-order valence-electron chi connectivity index (χ4n) is 3.24. The van der Waals surface area contributed by atoms with E-state index in [-0.39, 0.29) is 11.2 Å². The Morgan fingerprint density at radius 2 is 1.88 bits per heavy atom. The van der Waals surface area contributed by atoms with Crippen molar-refractivity contribution in [3.8, 4) is 5.75 Å². The molecule has 2 aromatic carbocycles. The molecule has 172 valence electrons. The van der Waals surface area contributed by atoms with Crippen LogP contribution in [-0.4, -0.2) is 23.0 Å². The molecule has 0 saturated carbocycles. The van der Waals surface area contributed by atoms with Gasteiger partial charge in [-0.25, -0.2) is 0 Å². The molecule has 6 nitrogen and oxygen atoms in total. The van der Waals surface area contributed by atoms with E-state index < -0.39 is 11.8 Å². The lowest BCUT2D eigenvalue weighted by molar-refractivity contribution is 0.0970. The number of anilines is 1. The van der Waals surface area contributed by atoms with E-state index in [0.717, 1.165) is 20.5 Å². The van der Waals surface area contributed by atoms with Gasteiger partial charge in [-0.05, 0) is 62.3 Å². The van der Waals surface area contributed by atoms with Crippen LogP contribution in [0.4, 0.5) is 5.00 Å². The highest BCUT2D eigenvalue weighted by Gasteiger charge is 2.21. The first-order valence-electron chi connectivity index (χ1n) is 10.2. The van der Waals surface area contributed by atoms with Gasteiger partial charge in [0, 0.05) is 15.8 Å². The lowest BCUT2D eigenvalue weighted by Gasteiger charge is -2.15. The number of hydrogen-bond acceptors (Lipinski definition) is 5. The number of thiocarbonyl (C=S) groups is 1. The van der Waals surface area contributed by atoms with Crippen LogP contribution in [0.15, 0.2) is 53.0 Å². The summed E-state index contributed by atoms with van der Waals surface area (Å²) in [4.78, 5) is 26.1. The maximum atomic E-state index is 12.9. The molecule has 9 heteroatoms. The van der Waals surface area contributed by atoms with Gasteiger partial charge in [0.05, 0.1) is 17.2 Å². The van der Waals surface area contributed by atoms with Crippen molar-refractivity contribution in [2.24, 2.45) is 5.73 Å². The van der Waals surface area contributed by atoms with E-state index in [1.54, 1.807) is 18.2 Å². The van der Waals surface area contributed by atoms with Gasteiger partial charge in [0.15, 0.2) is 5.11 Å². The molecule has 33 heavy (non-hydrogen) atoms. The summed E-state index contributed by atoms with van der Waals surface area (Å²) in [6.07, 6.45) is 0.560. The largest absolute Gasteiger partial charge is 0.490 e. The first-order chi connectivity index (χ1) is 15.7. The first kappa shape index (κ1) is 24.9. The minimum atomic E-state index is -0.556. The Bertz CT molecular complexity index is 1190. The molecule has 0 saturated heterocycles. The lowest BCUT2D eigenvalue weighted by Crippen LogP contribution is -2.34. The van der Waals surface area contributed by atoms with Crippen LogP contribution in [0.2, 0.25) is 0 Å². The molecular weight excluding hydrogens is 522 g/mol. The molecule has 0 aliphatic heterocycles. The van der Waals surface area contributed by atoms with Crippen molar-refractivity contribution < 1.29 is 14.3 Å². The van der Waals surface area contributed by atoms with Crippen molar-refractivity contribution in [3.63, 3.8) is 0 Å². The maximum Gasteiger partial charge on any atom is 0.261 e. The second-order valence-corrected chi connectivity index (χ2v) is 10.0. The van der Waals surface area contributed by atoms with Crippen LogP contribution in [0.3, 0.4) is 0 Å². The number of amides is 2. The molecule has 0 fully saturated rings. The predicted molar refractivity (Wildman–Crippen MR) is 140 cm³/mol. The fraction of sp³-hybridized carbons (Fsp3) is 0.208. The molecule has 3 rings (SSSR count). The molecule has 0 aliphatic rings. The van der Waals surface area contributed by atoms with E-state index in [1.165, 1.54) is 11.3 Å². The Balaban J connectivity index is 1.80. The molecule has 1 aromatic heterocycles. The zero-order chi connectivity index (χ0) is 24.1. The standard InChI is InChI=1S/C24H24BrN3O3S2/c1-13(2)31-18-10-9-16(25)12-17(18)22(30)27-24(32)28-23-20(21(26)29)14(3)19(33-23)11-15-7-5-4-6-8-15/h4-10,12-13H,11H2,1-3H3,(H2,26,29)(H2,27,28,30,32). The summed E-state index contributed by atoms with van der Waals surface area (Å²) in [5, 5.41) is 6.21. The van der Waals surface area contributed by atoms with E-state index in [9.17, 15) is 9.59 Å². The number of carbonyl (C=O) groups excluding carboxylic acids is 2. The number of nitrogens with two attached hydrogens (primary N) is 1. The van der Waals surface area contributed by atoms with E-state index in [2.05, 4.69) is 26.6 Å². The van der Waals surface area contributed by atoms with Crippen LogP contribution in [0.5, 0.6) is 5.75 Å². The molecule has 0 atom stereocenters. The number of ether oxygens (including phenoxy) is 1. The molecular formula is C24H24BrN3O3S2. The minimum Gasteiger partial charge on any atom is -0.490 e. The van der Waals surface area contributed by atoms with Crippen LogP contribution in [0.25, 0.3) is 0 Å². The normalized spacial score (nSPS) is 10.7. The van der Waals surface area contributed by atoms with Gasteiger partial charge in [-0.1, -0.05) is 46.3 Å². The van der Waals surface area contributed by atoms with Gasteiger partial charge in [0.25, 0.3) is 11.8 Å². The minimum absolute atomic E-state index is 0.0606. The maximum absolute atomic E-state index is 12.9. The molecule has 0 aliphatic carbocycles. The monoisotopic (exact) mass is 545 g/mol. The zero-order valence-electron chi connectivity index (χ0n) is 18.4. The van der Waals surface area contributed by atoms with Gasteiger partial charge in [0.1, 0.15) is 10.8 Å². The third kappa shape index (κ3) is 6.40. The molecule has 2 amide bonds. The van der Waals surface area contributed by atoms with Crippen LogP contribution < -0.4 is 21.1 Å². The Kier molecular flexibility index (Phi) is 8.23. The predicted octanol–water partition coefficient (Wildman–Crippen LogP) is 5.42. The molecule has 1 heterocycles. The highest BCUT2D eigenvalue weighted by Crippen LogP contribution is 2.34. The Hall–Kier alpha value is -2.75. The number of nitrogens with one attached hydrogen (secondary N) is 2. The smallest absolute Gasteiger partial charge is 0.261 e. The summed E-state index contributed by atoms with van der Waals surface area (Å²) >= 11 is 10.1. The lowest BCUT2D eigenvalue weighted by atomic mass is 10.1. The number of thiophene rings is 1. The van der Waals surface area contributed by atoms with Crippen molar-refractivity contribution in [1.82, 2.24) is 5.32 Å². The Labute approximate surface area is 210 Å². The zero-order valence-corrected chi connectivity index (χ0v) is 21.6. The highest BCUT2D eigenvalue weighted by atomic mass is 79.9. The van der Waals surface area contributed by atoms with Gasteiger partial charge >= 0.3 is 0 Å². The Morgan fingerprint density at radius 3 is 2.52 bits per heavy atom. The van der Waals surface area contributed by atoms with E-state index >= 15 is 0 Å². The third-order valence-corrected chi connectivity index (χ3v) is 6.61. The van der Waals surface area contributed by atoms with Gasteiger partial charge in [0.2, 0.25) is 0 Å². The quantitative estimate of drug-likeness (QED) is 0.344. The SMILES string of the molecule is Cc1c(Cc2ccccc2)sc(NC(=S)NC(=O)c2cc(Br)ccc2OC(C)C)c1C(N)=O. The van der Waals surface area contributed by atoms with Crippen LogP contribution >= 0.6 is 39.5 Å². The summed E-state index contributed by atoms with van der Waals surface area (Å²) < 4.78 is 6.48. The summed E-state index contributed by atoms with van der Waals surface area (Å²) in [6.45, 7) is 5.62.